The fourth-order valence-corrected chi connectivity index (χ4v) is 3.36. The van der Waals surface area contributed by atoms with Gasteiger partial charge in [-0.1, -0.05) is 0 Å². The van der Waals surface area contributed by atoms with Crippen LogP contribution in [0.3, 0.4) is 0 Å². The van der Waals surface area contributed by atoms with E-state index in [1.165, 1.54) is 11.1 Å². The number of rotatable bonds is 2. The van der Waals surface area contributed by atoms with Gasteiger partial charge in [-0.05, 0) is 18.9 Å². The summed E-state index contributed by atoms with van der Waals surface area (Å²) >= 11 is 0. The highest BCUT2D eigenvalue weighted by Gasteiger charge is 2.36. The molecule has 1 saturated heterocycles. The Bertz CT molecular complexity index is 897. The third-order valence-electron chi connectivity index (χ3n) is 4.45. The normalized spacial score (nSPS) is 19.2. The molecule has 140 valence electrons. The average molecular weight is 368 g/mol. The van der Waals surface area contributed by atoms with Crippen molar-refractivity contribution in [1.29, 1.82) is 5.41 Å². The molecule has 26 heavy (non-hydrogen) atoms. The number of fused-ring (bicyclic) bond motifs is 1. The van der Waals surface area contributed by atoms with Gasteiger partial charge < -0.3 is 9.88 Å². The maximum absolute atomic E-state index is 12.5. The molecule has 7 nitrogen and oxygen atoms in total. The molecule has 2 aromatic rings. The first-order valence-corrected chi connectivity index (χ1v) is 8.21. The molecule has 0 radical (unpaired) electrons. The van der Waals surface area contributed by atoms with Crippen LogP contribution in [0.4, 0.5) is 13.2 Å². The van der Waals surface area contributed by atoms with E-state index >= 15 is 0 Å². The van der Waals surface area contributed by atoms with Crippen LogP contribution in [-0.2, 0) is 4.79 Å². The minimum absolute atomic E-state index is 0.122. The molecular weight excluding hydrogens is 349 g/mol. The number of hydrogen-bond donors (Lipinski definition) is 2. The van der Waals surface area contributed by atoms with Crippen LogP contribution < -0.4 is 5.49 Å². The van der Waals surface area contributed by atoms with Crippen molar-refractivity contribution < 1.29 is 18.0 Å². The van der Waals surface area contributed by atoms with E-state index in [0.29, 0.717) is 36.4 Å². The zero-order valence-corrected chi connectivity index (χ0v) is 14.2. The van der Waals surface area contributed by atoms with Crippen molar-refractivity contribution in [2.24, 2.45) is 10.9 Å². The van der Waals surface area contributed by atoms with Gasteiger partial charge in [0.15, 0.2) is 5.65 Å². The van der Waals surface area contributed by atoms with Crippen LogP contribution >= 0.6 is 0 Å². The van der Waals surface area contributed by atoms with Crippen molar-refractivity contribution >= 4 is 22.9 Å². The third kappa shape index (κ3) is 3.63. The lowest BCUT2D eigenvalue weighted by Gasteiger charge is -2.34. The molecule has 2 aromatic heterocycles. The monoisotopic (exact) mass is 368 g/mol. The van der Waals surface area contributed by atoms with Gasteiger partial charge in [-0.3, -0.25) is 19.8 Å². The molecule has 3 heterocycles. The number of aromatic nitrogens is 3. The molecule has 2 N–H and O–H groups in total. The minimum atomic E-state index is -4.52. The van der Waals surface area contributed by atoms with Crippen LogP contribution in [0.15, 0.2) is 23.5 Å². The van der Waals surface area contributed by atoms with Gasteiger partial charge in [0.25, 0.3) is 0 Å². The van der Waals surface area contributed by atoms with Gasteiger partial charge >= 0.3 is 6.18 Å². The number of carbonyl (C=O) groups is 1. The Morgan fingerprint density at radius 2 is 2.27 bits per heavy atom. The second kappa shape index (κ2) is 6.93. The van der Waals surface area contributed by atoms with E-state index < -0.39 is 18.5 Å². The van der Waals surface area contributed by atoms with Crippen LogP contribution in [0, 0.1) is 11.3 Å². The number of amides is 1. The van der Waals surface area contributed by atoms with Gasteiger partial charge in [-0.25, -0.2) is 4.98 Å². The summed E-state index contributed by atoms with van der Waals surface area (Å²) in [5.41, 5.74) is 1.37. The smallest absolute Gasteiger partial charge is 0.345 e. The van der Waals surface area contributed by atoms with Crippen LogP contribution in [0.1, 0.15) is 19.3 Å². The van der Waals surface area contributed by atoms with Crippen molar-refractivity contribution in [3.8, 4) is 0 Å². The second-order valence-electron chi connectivity index (χ2n) is 6.24. The van der Waals surface area contributed by atoms with Gasteiger partial charge in [0.2, 0.25) is 5.91 Å². The van der Waals surface area contributed by atoms with Crippen LogP contribution in [0.5, 0.6) is 0 Å². The van der Waals surface area contributed by atoms with Crippen molar-refractivity contribution in [3.05, 3.63) is 23.9 Å². The largest absolute Gasteiger partial charge is 0.397 e. The first kappa shape index (κ1) is 18.2. The number of carbonyl (C=O) groups excluding carboxylic acids is 1. The average Bonchev–Trinajstić information content (AvgIpc) is 3.05. The summed E-state index contributed by atoms with van der Waals surface area (Å²) in [5, 5.41) is 8.17. The van der Waals surface area contributed by atoms with Gasteiger partial charge in [0.1, 0.15) is 17.7 Å². The summed E-state index contributed by atoms with van der Waals surface area (Å²) in [5.74, 6) is -0.623. The number of alkyl halides is 3. The van der Waals surface area contributed by atoms with E-state index in [1.54, 1.807) is 23.9 Å². The molecule has 0 aromatic carbocycles. The first-order valence-electron chi connectivity index (χ1n) is 8.21. The second-order valence-corrected chi connectivity index (χ2v) is 6.24. The standard InChI is InChI=1S/C16H19F3N6O/c1-21-15(25-11-4-5-22-14(11)23-8-12(25)20)10-3-2-6-24(9-10)13(26)7-16(17,18)19/h4-5,8,10,20,22H,2-3,6-7,9H2,1H3/b20-12?,21-15-/t10-/m1/s1. The Kier molecular flexibility index (Phi) is 4.84. The molecule has 0 bridgehead atoms. The number of piperidine rings is 1. The zero-order valence-electron chi connectivity index (χ0n) is 14.2. The summed E-state index contributed by atoms with van der Waals surface area (Å²) in [6.07, 6.45) is -1.62. The zero-order chi connectivity index (χ0) is 18.9. The van der Waals surface area contributed by atoms with Crippen LogP contribution in [0.25, 0.3) is 11.2 Å². The van der Waals surface area contributed by atoms with Gasteiger partial charge in [-0.2, -0.15) is 13.2 Å². The number of H-pyrrole nitrogens is 1. The number of aliphatic imine (C=N–C) groups is 1. The molecule has 1 fully saturated rings. The summed E-state index contributed by atoms with van der Waals surface area (Å²) in [6, 6.07) is 1.76. The van der Waals surface area contributed by atoms with E-state index in [9.17, 15) is 18.0 Å². The highest BCUT2D eigenvalue weighted by atomic mass is 19.4. The molecule has 3 rings (SSSR count). The molecule has 0 unspecified atom stereocenters. The summed E-state index contributed by atoms with van der Waals surface area (Å²) in [4.78, 5) is 24.6. The summed E-state index contributed by atoms with van der Waals surface area (Å²) < 4.78 is 39.2. The van der Waals surface area contributed by atoms with Gasteiger partial charge in [-0.15, -0.1) is 0 Å². The Hall–Kier alpha value is -2.65. The lowest BCUT2D eigenvalue weighted by Crippen LogP contribution is -2.46. The van der Waals surface area contributed by atoms with Gasteiger partial charge in [0, 0.05) is 32.3 Å². The van der Waals surface area contributed by atoms with Crippen molar-refractivity contribution in [2.75, 3.05) is 20.1 Å². The van der Waals surface area contributed by atoms with Crippen molar-refractivity contribution in [2.45, 2.75) is 25.4 Å². The fourth-order valence-electron chi connectivity index (χ4n) is 3.36. The number of aromatic amines is 1. The quantitative estimate of drug-likeness (QED) is 0.626. The third-order valence-corrected chi connectivity index (χ3v) is 4.45. The SMILES string of the molecule is C/N=C(/[C@@H]1CCCN(C(=O)CC(F)(F)F)C1)n1c(=N)cnc2[nH]ccc21. The topological polar surface area (TPSA) is 90.1 Å². The highest BCUT2D eigenvalue weighted by molar-refractivity contribution is 5.94. The Balaban J connectivity index is 1.89. The fraction of sp³-hybridized carbons (Fsp3) is 0.500. The van der Waals surface area contributed by atoms with Gasteiger partial charge in [0.05, 0.1) is 11.7 Å². The Morgan fingerprint density at radius 1 is 1.50 bits per heavy atom. The highest BCUT2D eigenvalue weighted by Crippen LogP contribution is 2.25. The lowest BCUT2D eigenvalue weighted by atomic mass is 9.96. The predicted molar refractivity (Wildman–Crippen MR) is 88.7 cm³/mol. The Labute approximate surface area is 147 Å². The predicted octanol–water partition coefficient (Wildman–Crippen LogP) is 1.91. The molecule has 0 saturated carbocycles. The minimum Gasteiger partial charge on any atom is -0.345 e. The molecule has 10 heteroatoms. The number of nitrogens with zero attached hydrogens (tertiary/aromatic N) is 4. The first-order chi connectivity index (χ1) is 12.3. The molecule has 1 aliphatic rings. The molecule has 1 amide bonds. The van der Waals surface area contributed by atoms with E-state index in [0.717, 1.165) is 0 Å². The molecule has 0 aliphatic carbocycles. The molecule has 1 aliphatic heterocycles. The summed E-state index contributed by atoms with van der Waals surface area (Å²) in [6.45, 7) is 0.457. The van der Waals surface area contributed by atoms with E-state index in [2.05, 4.69) is 15.0 Å². The maximum Gasteiger partial charge on any atom is 0.397 e. The van der Waals surface area contributed by atoms with Crippen LogP contribution in [-0.4, -0.2) is 57.5 Å². The van der Waals surface area contributed by atoms with Crippen molar-refractivity contribution in [1.82, 2.24) is 19.4 Å². The van der Waals surface area contributed by atoms with Crippen molar-refractivity contribution in [3.63, 3.8) is 0 Å². The Morgan fingerprint density at radius 3 is 2.96 bits per heavy atom. The molecular formula is C16H19F3N6O. The number of hydrogen-bond acceptors (Lipinski definition) is 4. The molecule has 1 atom stereocenters. The number of nitrogens with one attached hydrogen (secondary N) is 2. The maximum atomic E-state index is 12.5. The molecule has 0 spiro atoms. The van der Waals surface area contributed by atoms with Crippen LogP contribution in [0.2, 0.25) is 0 Å². The lowest BCUT2D eigenvalue weighted by molar-refractivity contribution is -0.162. The van der Waals surface area contributed by atoms with E-state index in [4.69, 9.17) is 5.41 Å². The summed E-state index contributed by atoms with van der Waals surface area (Å²) in [7, 11) is 1.58. The number of likely N-dealkylation sites (tertiary alicyclic amines) is 1. The van der Waals surface area contributed by atoms with E-state index in [1.807, 2.05) is 0 Å². The van der Waals surface area contributed by atoms with E-state index in [-0.39, 0.29) is 18.0 Å². The number of halogens is 3.